The molecule has 0 aliphatic carbocycles. The maximum atomic E-state index is 11.7. The van der Waals surface area contributed by atoms with Crippen LogP contribution in [0.2, 0.25) is 5.02 Å². The molecule has 0 aromatic heterocycles. The number of hydrogen-bond acceptors (Lipinski definition) is 6. The largest absolute Gasteiger partial charge is 0.482 e. The van der Waals surface area contributed by atoms with E-state index < -0.39 is 30.0 Å². The third-order valence-corrected chi connectivity index (χ3v) is 3.38. The quantitative estimate of drug-likeness (QED) is 0.429. The molecule has 2 aromatic carbocycles. The number of rotatable bonds is 8. The van der Waals surface area contributed by atoms with Gasteiger partial charge in [0.15, 0.2) is 13.2 Å². The Bertz CT molecular complexity index is 794. The molecule has 0 atom stereocenters. The Hall–Kier alpha value is -3.13. The summed E-state index contributed by atoms with van der Waals surface area (Å²) in [6.07, 6.45) is 0. The van der Waals surface area contributed by atoms with Crippen molar-refractivity contribution in [3.63, 3.8) is 0 Å². The lowest BCUT2D eigenvalue weighted by Crippen LogP contribution is -2.29. The van der Waals surface area contributed by atoms with E-state index >= 15 is 0 Å². The number of ether oxygens (including phenoxy) is 2. The van der Waals surface area contributed by atoms with Crippen LogP contribution in [0.4, 0.5) is 5.69 Å². The van der Waals surface area contributed by atoms with Gasteiger partial charge in [-0.25, -0.2) is 4.79 Å². The van der Waals surface area contributed by atoms with E-state index in [0.29, 0.717) is 5.02 Å². The molecule has 0 fully saturated rings. The lowest BCUT2D eigenvalue weighted by atomic mass is 10.2. The van der Waals surface area contributed by atoms with E-state index in [1.165, 1.54) is 24.3 Å². The van der Waals surface area contributed by atoms with Gasteiger partial charge in [-0.15, -0.1) is 0 Å². The summed E-state index contributed by atoms with van der Waals surface area (Å²) in [7, 11) is 0. The fourth-order valence-corrected chi connectivity index (χ4v) is 2.11. The normalized spacial score (nSPS) is 10.0. The minimum absolute atomic E-state index is 0.0868. The average molecular weight is 379 g/mol. The molecule has 1 N–H and O–H groups in total. The molecule has 0 heterocycles. The molecule has 0 aliphatic heterocycles. The SMILES string of the molecule is O=C(COC(=O)COc1ccc([N+](=O)[O-])cc1)NCc1cccc(Cl)c1. The lowest BCUT2D eigenvalue weighted by Gasteiger charge is -2.08. The second-order valence-electron chi connectivity index (χ2n) is 5.11. The van der Waals surface area contributed by atoms with Crippen molar-refractivity contribution in [2.24, 2.45) is 0 Å². The predicted octanol–water partition coefficient (Wildman–Crippen LogP) is 2.49. The molecule has 2 aromatic rings. The first-order valence-electron chi connectivity index (χ1n) is 7.48. The molecule has 0 saturated carbocycles. The molecule has 0 saturated heterocycles. The maximum absolute atomic E-state index is 11.7. The van der Waals surface area contributed by atoms with Crippen LogP contribution in [-0.4, -0.2) is 30.0 Å². The highest BCUT2D eigenvalue weighted by atomic mass is 35.5. The van der Waals surface area contributed by atoms with Crippen LogP contribution in [0, 0.1) is 10.1 Å². The predicted molar refractivity (Wildman–Crippen MR) is 92.8 cm³/mol. The Kier molecular flexibility index (Phi) is 6.92. The molecule has 2 rings (SSSR count). The number of amides is 1. The first-order chi connectivity index (χ1) is 12.4. The van der Waals surface area contributed by atoms with Crippen LogP contribution in [0.5, 0.6) is 5.75 Å². The van der Waals surface area contributed by atoms with Gasteiger partial charge in [-0.05, 0) is 29.8 Å². The number of esters is 1. The number of benzene rings is 2. The van der Waals surface area contributed by atoms with Gasteiger partial charge < -0.3 is 14.8 Å². The number of nitrogens with zero attached hydrogens (tertiary/aromatic N) is 1. The van der Waals surface area contributed by atoms with Crippen LogP contribution in [0.3, 0.4) is 0 Å². The number of non-ortho nitro benzene ring substituents is 1. The summed E-state index contributed by atoms with van der Waals surface area (Å²) < 4.78 is 9.92. The third kappa shape index (κ3) is 6.40. The average Bonchev–Trinajstić information content (AvgIpc) is 2.63. The second kappa shape index (κ2) is 9.38. The molecule has 136 valence electrons. The summed E-state index contributed by atoms with van der Waals surface area (Å²) in [4.78, 5) is 33.2. The Balaban J connectivity index is 1.67. The highest BCUT2D eigenvalue weighted by molar-refractivity contribution is 6.30. The van der Waals surface area contributed by atoms with Crippen LogP contribution in [0.15, 0.2) is 48.5 Å². The van der Waals surface area contributed by atoms with Gasteiger partial charge in [-0.3, -0.25) is 14.9 Å². The van der Waals surface area contributed by atoms with Crippen LogP contribution < -0.4 is 10.1 Å². The van der Waals surface area contributed by atoms with Crippen LogP contribution in [0.25, 0.3) is 0 Å². The first kappa shape index (κ1) is 19.2. The lowest BCUT2D eigenvalue weighted by molar-refractivity contribution is -0.384. The van der Waals surface area contributed by atoms with Gasteiger partial charge in [-0.1, -0.05) is 23.7 Å². The zero-order chi connectivity index (χ0) is 18.9. The third-order valence-electron chi connectivity index (χ3n) is 3.15. The summed E-state index contributed by atoms with van der Waals surface area (Å²) >= 11 is 5.84. The van der Waals surface area contributed by atoms with Gasteiger partial charge in [-0.2, -0.15) is 0 Å². The first-order valence-corrected chi connectivity index (χ1v) is 7.86. The Morgan fingerprint density at radius 3 is 2.50 bits per heavy atom. The van der Waals surface area contributed by atoms with Gasteiger partial charge in [0.1, 0.15) is 5.75 Å². The van der Waals surface area contributed by atoms with Crippen molar-refractivity contribution in [1.82, 2.24) is 5.32 Å². The minimum atomic E-state index is -0.735. The number of hydrogen-bond donors (Lipinski definition) is 1. The van der Waals surface area contributed by atoms with Gasteiger partial charge in [0, 0.05) is 23.7 Å². The number of nitro benzene ring substituents is 1. The number of nitro groups is 1. The molecular formula is C17H15ClN2O6. The highest BCUT2D eigenvalue weighted by Gasteiger charge is 2.10. The summed E-state index contributed by atoms with van der Waals surface area (Å²) in [6, 6.07) is 12.2. The molecule has 9 heteroatoms. The number of nitrogens with one attached hydrogen (secondary N) is 1. The molecule has 0 unspecified atom stereocenters. The van der Waals surface area contributed by atoms with E-state index in [4.69, 9.17) is 21.1 Å². The molecule has 0 bridgehead atoms. The maximum Gasteiger partial charge on any atom is 0.344 e. The van der Waals surface area contributed by atoms with E-state index in [9.17, 15) is 19.7 Å². The molecule has 26 heavy (non-hydrogen) atoms. The second-order valence-corrected chi connectivity index (χ2v) is 5.54. The van der Waals surface area contributed by atoms with Crippen molar-refractivity contribution >= 4 is 29.2 Å². The van der Waals surface area contributed by atoms with Crippen molar-refractivity contribution in [3.05, 3.63) is 69.2 Å². The fourth-order valence-electron chi connectivity index (χ4n) is 1.89. The molecule has 8 nitrogen and oxygen atoms in total. The van der Waals surface area contributed by atoms with Crippen molar-refractivity contribution in [2.75, 3.05) is 13.2 Å². The zero-order valence-electron chi connectivity index (χ0n) is 13.5. The summed E-state index contributed by atoms with van der Waals surface area (Å²) in [5.74, 6) is -0.923. The summed E-state index contributed by atoms with van der Waals surface area (Å²) in [5.41, 5.74) is 0.731. The van der Waals surface area contributed by atoms with E-state index in [-0.39, 0.29) is 18.0 Å². The molecule has 0 aliphatic rings. The molecule has 0 spiro atoms. The van der Waals surface area contributed by atoms with Crippen LogP contribution in [0.1, 0.15) is 5.56 Å². The van der Waals surface area contributed by atoms with E-state index in [1.54, 1.807) is 24.3 Å². The Labute approximate surface area is 153 Å². The monoisotopic (exact) mass is 378 g/mol. The molecule has 0 radical (unpaired) electrons. The fraction of sp³-hybridized carbons (Fsp3) is 0.176. The Morgan fingerprint density at radius 2 is 1.85 bits per heavy atom. The smallest absolute Gasteiger partial charge is 0.344 e. The van der Waals surface area contributed by atoms with Crippen molar-refractivity contribution in [2.45, 2.75) is 6.54 Å². The van der Waals surface area contributed by atoms with Crippen LogP contribution >= 0.6 is 11.6 Å². The summed E-state index contributed by atoms with van der Waals surface area (Å²) in [6.45, 7) is -0.599. The minimum Gasteiger partial charge on any atom is -0.482 e. The standard InChI is InChI=1S/C17H15ClN2O6/c18-13-3-1-2-12(8-13)9-19-16(21)10-26-17(22)11-25-15-6-4-14(5-7-15)20(23)24/h1-8H,9-11H2,(H,19,21). The number of halogens is 1. The van der Waals surface area contributed by atoms with Gasteiger partial charge >= 0.3 is 5.97 Å². The Morgan fingerprint density at radius 1 is 1.12 bits per heavy atom. The zero-order valence-corrected chi connectivity index (χ0v) is 14.3. The van der Waals surface area contributed by atoms with E-state index in [0.717, 1.165) is 5.56 Å². The van der Waals surface area contributed by atoms with E-state index in [2.05, 4.69) is 5.32 Å². The molecular weight excluding hydrogens is 364 g/mol. The summed E-state index contributed by atoms with van der Waals surface area (Å²) in [5, 5.41) is 13.7. The van der Waals surface area contributed by atoms with E-state index in [1.807, 2.05) is 0 Å². The van der Waals surface area contributed by atoms with Gasteiger partial charge in [0.2, 0.25) is 0 Å². The highest BCUT2D eigenvalue weighted by Crippen LogP contribution is 2.17. The molecule has 1 amide bonds. The van der Waals surface area contributed by atoms with Crippen LogP contribution in [-0.2, 0) is 20.9 Å². The topological polar surface area (TPSA) is 108 Å². The van der Waals surface area contributed by atoms with Crippen molar-refractivity contribution in [1.29, 1.82) is 0 Å². The van der Waals surface area contributed by atoms with Crippen molar-refractivity contribution in [3.8, 4) is 5.75 Å². The van der Waals surface area contributed by atoms with Gasteiger partial charge in [0.25, 0.3) is 11.6 Å². The number of carbonyl (C=O) groups is 2. The van der Waals surface area contributed by atoms with Crippen molar-refractivity contribution < 1.29 is 24.0 Å². The van der Waals surface area contributed by atoms with Gasteiger partial charge in [0.05, 0.1) is 4.92 Å². The number of carbonyl (C=O) groups excluding carboxylic acids is 2.